The van der Waals surface area contributed by atoms with Crippen LogP contribution < -0.4 is 10.6 Å². The molecule has 0 spiro atoms. The van der Waals surface area contributed by atoms with Crippen molar-refractivity contribution in [1.82, 2.24) is 4.90 Å². The van der Waals surface area contributed by atoms with Crippen LogP contribution in [0.25, 0.3) is 0 Å². The Morgan fingerprint density at radius 3 is 2.60 bits per heavy atom. The quantitative estimate of drug-likeness (QED) is 0.889. The molecule has 0 radical (unpaired) electrons. The molecule has 3 fully saturated rings. The van der Waals surface area contributed by atoms with Crippen LogP contribution in [-0.4, -0.2) is 36.5 Å². The Morgan fingerprint density at radius 1 is 1.30 bits per heavy atom. The van der Waals surface area contributed by atoms with E-state index in [1.807, 2.05) is 13.0 Å². The molecule has 0 saturated carbocycles. The molecule has 1 unspecified atom stereocenters. The van der Waals surface area contributed by atoms with Crippen LogP contribution in [0, 0.1) is 12.8 Å². The second-order valence-electron chi connectivity index (χ2n) is 6.10. The molecule has 4 rings (SSSR count). The van der Waals surface area contributed by atoms with Crippen LogP contribution in [0.5, 0.6) is 0 Å². The molecule has 3 aliphatic heterocycles. The summed E-state index contributed by atoms with van der Waals surface area (Å²) in [5.41, 5.74) is 3.17. The monoisotopic (exact) mass is 273 g/mol. The van der Waals surface area contributed by atoms with Crippen molar-refractivity contribution in [2.45, 2.75) is 32.7 Å². The van der Waals surface area contributed by atoms with E-state index in [0.29, 0.717) is 6.04 Å². The fraction of sp³-hybridized carbons (Fsp3) is 0.562. The number of nitrogens with zero attached hydrogens (tertiary/aromatic N) is 1. The van der Waals surface area contributed by atoms with Gasteiger partial charge in [-0.05, 0) is 62.5 Å². The Hall–Kier alpha value is -1.55. The van der Waals surface area contributed by atoms with E-state index in [4.69, 9.17) is 0 Å². The lowest BCUT2D eigenvalue weighted by Gasteiger charge is -2.45. The van der Waals surface area contributed by atoms with Crippen LogP contribution in [0.3, 0.4) is 0 Å². The molecule has 1 amide bonds. The molecule has 2 N–H and O–H groups in total. The zero-order valence-electron chi connectivity index (χ0n) is 12.3. The third-order valence-electron chi connectivity index (χ3n) is 4.55. The number of hydrogen-bond acceptors (Lipinski definition) is 3. The highest BCUT2D eigenvalue weighted by Gasteiger charge is 2.33. The van der Waals surface area contributed by atoms with Crippen LogP contribution in [0.2, 0.25) is 0 Å². The molecule has 4 heteroatoms. The van der Waals surface area contributed by atoms with Gasteiger partial charge in [0.25, 0.3) is 0 Å². The van der Waals surface area contributed by atoms with Crippen molar-refractivity contribution < 1.29 is 4.79 Å². The number of carbonyl (C=O) groups excluding carboxylic acids is 1. The molecule has 1 aromatic rings. The van der Waals surface area contributed by atoms with Crippen molar-refractivity contribution in [3.05, 3.63) is 23.8 Å². The molecule has 3 heterocycles. The number of rotatable bonds is 3. The van der Waals surface area contributed by atoms with Crippen molar-refractivity contribution in [2.24, 2.45) is 5.92 Å². The number of anilines is 2. The van der Waals surface area contributed by atoms with Gasteiger partial charge < -0.3 is 15.5 Å². The van der Waals surface area contributed by atoms with Gasteiger partial charge in [-0.25, -0.2) is 0 Å². The van der Waals surface area contributed by atoms with Gasteiger partial charge in [0.05, 0.1) is 0 Å². The van der Waals surface area contributed by atoms with E-state index in [1.54, 1.807) is 6.92 Å². The maximum Gasteiger partial charge on any atom is 0.221 e. The molecule has 4 nitrogen and oxygen atoms in total. The molecule has 3 aliphatic rings. The predicted octanol–water partition coefficient (Wildman–Crippen LogP) is 2.46. The maximum absolute atomic E-state index is 11.1. The first-order chi connectivity index (χ1) is 9.61. The first-order valence-electron chi connectivity index (χ1n) is 7.49. The lowest BCUT2D eigenvalue weighted by Crippen LogP contribution is -2.53. The van der Waals surface area contributed by atoms with Crippen LogP contribution >= 0.6 is 0 Å². The van der Waals surface area contributed by atoms with Crippen LogP contribution in [0.4, 0.5) is 11.4 Å². The lowest BCUT2D eigenvalue weighted by atomic mass is 9.84. The van der Waals surface area contributed by atoms with E-state index in [1.165, 1.54) is 25.9 Å². The molecule has 1 aromatic carbocycles. The lowest BCUT2D eigenvalue weighted by molar-refractivity contribution is -0.114. The SMILES string of the molecule is CC(=O)Nc1ccc(NC2CN3CCC2CC3)cc1C. The van der Waals surface area contributed by atoms with Crippen LogP contribution in [0.1, 0.15) is 25.3 Å². The molecule has 2 bridgehead atoms. The fourth-order valence-corrected chi connectivity index (χ4v) is 3.43. The molecule has 0 aliphatic carbocycles. The van der Waals surface area contributed by atoms with Gasteiger partial charge in [-0.1, -0.05) is 0 Å². The number of piperidine rings is 3. The molecule has 20 heavy (non-hydrogen) atoms. The van der Waals surface area contributed by atoms with Gasteiger partial charge in [0.2, 0.25) is 5.91 Å². The summed E-state index contributed by atoms with van der Waals surface area (Å²) >= 11 is 0. The molecule has 3 saturated heterocycles. The highest BCUT2D eigenvalue weighted by molar-refractivity contribution is 5.89. The number of carbonyl (C=O) groups is 1. The Morgan fingerprint density at radius 2 is 2.05 bits per heavy atom. The summed E-state index contributed by atoms with van der Waals surface area (Å²) in [6.45, 7) is 7.27. The van der Waals surface area contributed by atoms with E-state index in [2.05, 4.69) is 27.7 Å². The van der Waals surface area contributed by atoms with Crippen molar-refractivity contribution >= 4 is 17.3 Å². The highest BCUT2D eigenvalue weighted by atomic mass is 16.1. The Balaban J connectivity index is 1.69. The summed E-state index contributed by atoms with van der Waals surface area (Å²) in [6.07, 6.45) is 2.64. The van der Waals surface area contributed by atoms with Gasteiger partial charge >= 0.3 is 0 Å². The minimum Gasteiger partial charge on any atom is -0.381 e. The maximum atomic E-state index is 11.1. The number of nitrogens with one attached hydrogen (secondary N) is 2. The number of fused-ring (bicyclic) bond motifs is 3. The van der Waals surface area contributed by atoms with Crippen LogP contribution in [0.15, 0.2) is 18.2 Å². The number of aryl methyl sites for hydroxylation is 1. The summed E-state index contributed by atoms with van der Waals surface area (Å²) in [7, 11) is 0. The Labute approximate surface area is 120 Å². The molecule has 1 atom stereocenters. The minimum absolute atomic E-state index is 0.0220. The summed E-state index contributed by atoms with van der Waals surface area (Å²) in [4.78, 5) is 13.7. The predicted molar refractivity (Wildman–Crippen MR) is 82.1 cm³/mol. The molecule has 0 aromatic heterocycles. The molecule has 108 valence electrons. The van der Waals surface area contributed by atoms with Crippen molar-refractivity contribution in [1.29, 1.82) is 0 Å². The zero-order valence-corrected chi connectivity index (χ0v) is 12.3. The molecular formula is C16H23N3O. The summed E-state index contributed by atoms with van der Waals surface area (Å²) in [6, 6.07) is 6.75. The standard InChI is InChI=1S/C16H23N3O/c1-11-9-14(3-4-15(11)17-12(2)20)18-16-10-19-7-5-13(16)6-8-19/h3-4,9,13,16,18H,5-8,10H2,1-2H3,(H,17,20). The van der Waals surface area contributed by atoms with Gasteiger partial charge in [0, 0.05) is 30.9 Å². The largest absolute Gasteiger partial charge is 0.381 e. The van der Waals surface area contributed by atoms with E-state index >= 15 is 0 Å². The summed E-state index contributed by atoms with van der Waals surface area (Å²) in [5, 5.41) is 6.54. The zero-order chi connectivity index (χ0) is 14.1. The smallest absolute Gasteiger partial charge is 0.221 e. The topological polar surface area (TPSA) is 44.4 Å². The van der Waals surface area contributed by atoms with Gasteiger partial charge in [0.1, 0.15) is 0 Å². The second-order valence-corrected chi connectivity index (χ2v) is 6.10. The fourth-order valence-electron chi connectivity index (χ4n) is 3.43. The summed E-state index contributed by atoms with van der Waals surface area (Å²) < 4.78 is 0. The third-order valence-corrected chi connectivity index (χ3v) is 4.55. The minimum atomic E-state index is -0.0220. The first-order valence-corrected chi connectivity index (χ1v) is 7.49. The van der Waals surface area contributed by atoms with Crippen LogP contribution in [-0.2, 0) is 4.79 Å². The number of amides is 1. The average molecular weight is 273 g/mol. The number of benzene rings is 1. The molecular weight excluding hydrogens is 250 g/mol. The van der Waals surface area contributed by atoms with E-state index in [-0.39, 0.29) is 5.91 Å². The normalized spacial score (nSPS) is 28.2. The highest BCUT2D eigenvalue weighted by Crippen LogP contribution is 2.30. The summed E-state index contributed by atoms with van der Waals surface area (Å²) in [5.74, 6) is 0.793. The van der Waals surface area contributed by atoms with E-state index in [0.717, 1.165) is 29.4 Å². The van der Waals surface area contributed by atoms with E-state index in [9.17, 15) is 4.79 Å². The first kappa shape index (κ1) is 13.4. The Kier molecular flexibility index (Phi) is 3.66. The van der Waals surface area contributed by atoms with Crippen molar-refractivity contribution in [2.75, 3.05) is 30.3 Å². The van der Waals surface area contributed by atoms with Gasteiger partial charge in [-0.3, -0.25) is 4.79 Å². The average Bonchev–Trinajstić information content (AvgIpc) is 2.43. The Bertz CT molecular complexity index is 506. The van der Waals surface area contributed by atoms with Gasteiger partial charge in [-0.2, -0.15) is 0 Å². The van der Waals surface area contributed by atoms with Crippen molar-refractivity contribution in [3.63, 3.8) is 0 Å². The van der Waals surface area contributed by atoms with E-state index < -0.39 is 0 Å². The van der Waals surface area contributed by atoms with Gasteiger partial charge in [0.15, 0.2) is 0 Å². The third kappa shape index (κ3) is 2.80. The second kappa shape index (κ2) is 5.44. The van der Waals surface area contributed by atoms with Gasteiger partial charge in [-0.15, -0.1) is 0 Å². The number of hydrogen-bond donors (Lipinski definition) is 2. The van der Waals surface area contributed by atoms with Crippen molar-refractivity contribution in [3.8, 4) is 0 Å².